The highest BCUT2D eigenvalue weighted by Gasteiger charge is 2.21. The third-order valence-corrected chi connectivity index (χ3v) is 5.98. The van der Waals surface area contributed by atoms with E-state index in [4.69, 9.17) is 0 Å². The number of benzene rings is 1. The number of piperazine rings is 1. The molecule has 1 atom stereocenters. The number of anilines is 1. The van der Waals surface area contributed by atoms with Gasteiger partial charge in [-0.3, -0.25) is 9.59 Å². The van der Waals surface area contributed by atoms with E-state index in [0.717, 1.165) is 44.2 Å². The Morgan fingerprint density at radius 3 is 2.46 bits per heavy atom. The topological polar surface area (TPSA) is 64.7 Å². The third kappa shape index (κ3) is 7.70. The standard InChI is InChI=1S/C19H28N4O2S.2ClH/c24-18(14-16-15-26-13-8-20-16)21-7-6-19(25)23-11-9-22(10-12-23)17-4-2-1-3-5-17;;/h1-5,16,20H,6-15H2,(H,21,24);2*1H. The van der Waals surface area contributed by atoms with Crippen LogP contribution in [-0.2, 0) is 9.59 Å². The maximum absolute atomic E-state index is 12.4. The fourth-order valence-corrected chi connectivity index (χ4v) is 4.32. The summed E-state index contributed by atoms with van der Waals surface area (Å²) in [5.74, 6) is 2.26. The molecule has 6 nitrogen and oxygen atoms in total. The summed E-state index contributed by atoms with van der Waals surface area (Å²) in [5, 5.41) is 6.25. The number of rotatable bonds is 6. The van der Waals surface area contributed by atoms with Gasteiger partial charge in [-0.1, -0.05) is 18.2 Å². The smallest absolute Gasteiger partial charge is 0.224 e. The summed E-state index contributed by atoms with van der Waals surface area (Å²) in [4.78, 5) is 28.5. The normalized spacial score (nSPS) is 19.2. The minimum absolute atomic E-state index is 0. The predicted octanol–water partition coefficient (Wildman–Crippen LogP) is 1.78. The summed E-state index contributed by atoms with van der Waals surface area (Å²) in [7, 11) is 0. The largest absolute Gasteiger partial charge is 0.368 e. The number of halogens is 2. The van der Waals surface area contributed by atoms with E-state index in [1.165, 1.54) is 5.69 Å². The molecule has 0 radical (unpaired) electrons. The lowest BCUT2D eigenvalue weighted by Crippen LogP contribution is -2.49. The van der Waals surface area contributed by atoms with Crippen LogP contribution in [0, 0.1) is 0 Å². The highest BCUT2D eigenvalue weighted by molar-refractivity contribution is 7.99. The summed E-state index contributed by atoms with van der Waals surface area (Å²) < 4.78 is 0. The van der Waals surface area contributed by atoms with Crippen LogP contribution in [0.15, 0.2) is 30.3 Å². The second kappa shape index (κ2) is 13.1. The Morgan fingerprint density at radius 2 is 1.82 bits per heavy atom. The summed E-state index contributed by atoms with van der Waals surface area (Å²) in [6.45, 7) is 4.59. The molecule has 1 unspecified atom stereocenters. The lowest BCUT2D eigenvalue weighted by atomic mass is 10.2. The molecule has 1 aromatic carbocycles. The number of amides is 2. The number of nitrogens with zero attached hydrogens (tertiary/aromatic N) is 2. The number of thioether (sulfide) groups is 1. The van der Waals surface area contributed by atoms with Gasteiger partial charge in [0.05, 0.1) is 0 Å². The Morgan fingerprint density at radius 1 is 1.11 bits per heavy atom. The monoisotopic (exact) mass is 448 g/mol. The molecule has 158 valence electrons. The van der Waals surface area contributed by atoms with Crippen LogP contribution in [0.1, 0.15) is 12.8 Å². The van der Waals surface area contributed by atoms with Crippen LogP contribution in [-0.4, -0.2) is 73.5 Å². The second-order valence-corrected chi connectivity index (χ2v) is 7.88. The van der Waals surface area contributed by atoms with Crippen LogP contribution in [0.25, 0.3) is 0 Å². The Bertz CT molecular complexity index is 595. The number of para-hydroxylation sites is 1. The zero-order chi connectivity index (χ0) is 18.2. The van der Waals surface area contributed by atoms with Crippen molar-refractivity contribution in [3.63, 3.8) is 0 Å². The molecular formula is C19H30Cl2N4O2S. The fourth-order valence-electron chi connectivity index (χ4n) is 3.37. The Kier molecular flexibility index (Phi) is 11.7. The van der Waals surface area contributed by atoms with Gasteiger partial charge in [0, 0.05) is 75.3 Å². The molecule has 2 aliphatic rings. The molecule has 2 aliphatic heterocycles. The fraction of sp³-hybridized carbons (Fsp3) is 0.579. The van der Waals surface area contributed by atoms with Gasteiger partial charge < -0.3 is 20.4 Å². The average molecular weight is 449 g/mol. The Labute approximate surface area is 184 Å². The Hall–Kier alpha value is -1.15. The van der Waals surface area contributed by atoms with E-state index in [9.17, 15) is 9.59 Å². The number of carbonyl (C=O) groups is 2. The maximum atomic E-state index is 12.4. The lowest BCUT2D eigenvalue weighted by Gasteiger charge is -2.36. The van der Waals surface area contributed by atoms with Crippen LogP contribution in [0.3, 0.4) is 0 Å². The highest BCUT2D eigenvalue weighted by Crippen LogP contribution is 2.15. The van der Waals surface area contributed by atoms with Gasteiger partial charge in [0.25, 0.3) is 0 Å². The first-order valence-electron chi connectivity index (χ1n) is 9.38. The van der Waals surface area contributed by atoms with Crippen LogP contribution in [0.4, 0.5) is 5.69 Å². The van der Waals surface area contributed by atoms with Gasteiger partial charge in [0.15, 0.2) is 0 Å². The first kappa shape index (κ1) is 24.9. The predicted molar refractivity (Wildman–Crippen MR) is 121 cm³/mol. The van der Waals surface area contributed by atoms with E-state index in [0.29, 0.717) is 19.4 Å². The first-order chi connectivity index (χ1) is 12.7. The van der Waals surface area contributed by atoms with Crippen molar-refractivity contribution in [3.8, 4) is 0 Å². The van der Waals surface area contributed by atoms with Gasteiger partial charge in [0.1, 0.15) is 0 Å². The molecule has 0 bridgehead atoms. The summed E-state index contributed by atoms with van der Waals surface area (Å²) in [5.41, 5.74) is 1.21. The van der Waals surface area contributed by atoms with Crippen LogP contribution >= 0.6 is 36.6 Å². The lowest BCUT2D eigenvalue weighted by molar-refractivity contribution is -0.131. The molecule has 0 aromatic heterocycles. The van der Waals surface area contributed by atoms with E-state index in [1.807, 2.05) is 34.9 Å². The van der Waals surface area contributed by atoms with E-state index < -0.39 is 0 Å². The zero-order valence-corrected chi connectivity index (χ0v) is 18.4. The van der Waals surface area contributed by atoms with Gasteiger partial charge >= 0.3 is 0 Å². The van der Waals surface area contributed by atoms with Crippen molar-refractivity contribution in [3.05, 3.63) is 30.3 Å². The molecule has 3 rings (SSSR count). The first-order valence-corrected chi connectivity index (χ1v) is 10.5. The molecule has 28 heavy (non-hydrogen) atoms. The van der Waals surface area contributed by atoms with Crippen molar-refractivity contribution < 1.29 is 9.59 Å². The zero-order valence-electron chi connectivity index (χ0n) is 16.0. The molecule has 2 fully saturated rings. The minimum Gasteiger partial charge on any atom is -0.368 e. The maximum Gasteiger partial charge on any atom is 0.224 e. The van der Waals surface area contributed by atoms with Crippen LogP contribution < -0.4 is 15.5 Å². The summed E-state index contributed by atoms with van der Waals surface area (Å²) in [6.07, 6.45) is 0.876. The quantitative estimate of drug-likeness (QED) is 0.694. The van der Waals surface area contributed by atoms with Crippen molar-refractivity contribution in [2.75, 3.05) is 55.7 Å². The number of nitrogens with one attached hydrogen (secondary N) is 2. The number of hydrogen-bond donors (Lipinski definition) is 2. The number of hydrogen-bond acceptors (Lipinski definition) is 5. The minimum atomic E-state index is 0. The summed E-state index contributed by atoms with van der Waals surface area (Å²) >= 11 is 1.88. The molecular weight excluding hydrogens is 419 g/mol. The van der Waals surface area contributed by atoms with Gasteiger partial charge in [-0.25, -0.2) is 0 Å². The highest BCUT2D eigenvalue weighted by atomic mass is 35.5. The molecule has 0 aliphatic carbocycles. The molecule has 1 aromatic rings. The average Bonchev–Trinajstić information content (AvgIpc) is 2.69. The molecule has 2 heterocycles. The third-order valence-electron chi connectivity index (χ3n) is 4.84. The van der Waals surface area contributed by atoms with Crippen molar-refractivity contribution >= 4 is 54.1 Å². The number of carbonyl (C=O) groups excluding carboxylic acids is 2. The van der Waals surface area contributed by atoms with Gasteiger partial charge in [-0.05, 0) is 12.1 Å². The van der Waals surface area contributed by atoms with Crippen LogP contribution in [0.5, 0.6) is 0 Å². The molecule has 2 saturated heterocycles. The van der Waals surface area contributed by atoms with Crippen molar-refractivity contribution in [2.24, 2.45) is 0 Å². The summed E-state index contributed by atoms with van der Waals surface area (Å²) in [6, 6.07) is 10.6. The molecule has 2 N–H and O–H groups in total. The van der Waals surface area contributed by atoms with E-state index >= 15 is 0 Å². The van der Waals surface area contributed by atoms with Crippen LogP contribution in [0.2, 0.25) is 0 Å². The SMILES string of the molecule is Cl.Cl.O=C(CC1CSCCN1)NCCC(=O)N1CCN(c2ccccc2)CC1. The van der Waals surface area contributed by atoms with Crippen molar-refractivity contribution in [2.45, 2.75) is 18.9 Å². The Balaban J connectivity index is 0.00000196. The van der Waals surface area contributed by atoms with Gasteiger partial charge in [-0.15, -0.1) is 24.8 Å². The molecule has 9 heteroatoms. The van der Waals surface area contributed by atoms with E-state index in [2.05, 4.69) is 27.7 Å². The second-order valence-electron chi connectivity index (χ2n) is 6.73. The van der Waals surface area contributed by atoms with Crippen molar-refractivity contribution in [1.29, 1.82) is 0 Å². The van der Waals surface area contributed by atoms with Crippen molar-refractivity contribution in [1.82, 2.24) is 15.5 Å². The molecule has 2 amide bonds. The van der Waals surface area contributed by atoms with Gasteiger partial charge in [-0.2, -0.15) is 11.8 Å². The molecule has 0 saturated carbocycles. The van der Waals surface area contributed by atoms with E-state index in [-0.39, 0.29) is 42.7 Å². The molecule has 0 spiro atoms. The van der Waals surface area contributed by atoms with Gasteiger partial charge in [0.2, 0.25) is 11.8 Å². The van der Waals surface area contributed by atoms with E-state index in [1.54, 1.807) is 0 Å².